The Hall–Kier alpha value is -1.73. The van der Waals surface area contributed by atoms with Gasteiger partial charge in [-0.2, -0.15) is 5.11 Å². The SMILES string of the molecule is C#CC.CC1=CN(C)NN1C.CN=NNC.F[P-](F)(F)(F)(F)F. The Morgan fingerprint density at radius 3 is 1.61 bits per heavy atom. The fraction of sp³-hybridized carbons (Fsp3) is 0.600. The number of hydrazine groups is 2. The summed E-state index contributed by atoms with van der Waals surface area (Å²) in [5, 5.41) is 10.6. The standard InChI is InChI=1S/C5H11N3.C3H4.C2H7N3.F6P/c1-5-4-7(2)6-8(5)3;1-3-2;1-3-5-4-2;1-7(2,3,4,5)6/h4,6H,1-3H3;1H,2H3;1-2H3,(H,3,4);/q;;;-1. The first kappa shape index (κ1) is 26.2. The van der Waals surface area contributed by atoms with Gasteiger partial charge in [0, 0.05) is 33.0 Å². The van der Waals surface area contributed by atoms with Crippen LogP contribution < -0.4 is 11.0 Å². The van der Waals surface area contributed by atoms with Gasteiger partial charge in [0.15, 0.2) is 0 Å². The molecule has 2 N–H and O–H groups in total. The zero-order valence-corrected chi connectivity index (χ0v) is 14.6. The Balaban J connectivity index is -0.000000246. The van der Waals surface area contributed by atoms with Crippen molar-refractivity contribution in [1.82, 2.24) is 21.0 Å². The Morgan fingerprint density at radius 1 is 1.22 bits per heavy atom. The number of rotatable bonds is 1. The fourth-order valence-electron chi connectivity index (χ4n) is 0.811. The van der Waals surface area contributed by atoms with Crippen LogP contribution in [0, 0.1) is 12.3 Å². The van der Waals surface area contributed by atoms with E-state index in [1.807, 2.05) is 30.3 Å². The maximum atomic E-state index is 9.87. The van der Waals surface area contributed by atoms with Gasteiger partial charge in [0.25, 0.3) is 0 Å². The molecule has 0 aromatic heterocycles. The first-order valence-electron chi connectivity index (χ1n) is 5.79. The van der Waals surface area contributed by atoms with E-state index in [1.54, 1.807) is 21.0 Å². The average molecular weight is 371 g/mol. The Labute approximate surface area is 131 Å². The maximum absolute atomic E-state index is 10.7. The number of hydrogen-bond donors (Lipinski definition) is 2. The van der Waals surface area contributed by atoms with E-state index >= 15 is 0 Å². The molecule has 0 amide bonds. The van der Waals surface area contributed by atoms with E-state index in [4.69, 9.17) is 0 Å². The van der Waals surface area contributed by atoms with E-state index in [9.17, 15) is 25.2 Å². The molecule has 1 rings (SSSR count). The summed E-state index contributed by atoms with van der Waals surface area (Å²) >= 11 is 0. The van der Waals surface area contributed by atoms with Crippen molar-refractivity contribution in [2.75, 3.05) is 28.2 Å². The van der Waals surface area contributed by atoms with Crippen molar-refractivity contribution < 1.29 is 25.2 Å². The second-order valence-electron chi connectivity index (χ2n) is 3.81. The summed E-state index contributed by atoms with van der Waals surface area (Å²) in [5.41, 5.74) is 6.75. The molecule has 1 aliphatic rings. The second kappa shape index (κ2) is 9.42. The van der Waals surface area contributed by atoms with Crippen LogP contribution in [0.1, 0.15) is 13.8 Å². The number of hydrogen-bond acceptors (Lipinski definition) is 5. The zero-order chi connectivity index (χ0) is 19.4. The van der Waals surface area contributed by atoms with Crippen molar-refractivity contribution in [3.8, 4) is 12.3 Å². The van der Waals surface area contributed by atoms with Crippen molar-refractivity contribution in [1.29, 1.82) is 0 Å². The normalized spacial score (nSPS) is 16.2. The van der Waals surface area contributed by atoms with E-state index in [0.29, 0.717) is 0 Å². The minimum absolute atomic E-state index is 1.23. The first-order chi connectivity index (χ1) is 9.98. The summed E-state index contributed by atoms with van der Waals surface area (Å²) < 4.78 is 59.2. The molecule has 0 aromatic carbocycles. The molecule has 0 saturated heterocycles. The van der Waals surface area contributed by atoms with Crippen LogP contribution in [0.3, 0.4) is 0 Å². The molecule has 0 unspecified atom stereocenters. The third-order valence-corrected chi connectivity index (χ3v) is 1.42. The summed E-state index contributed by atoms with van der Waals surface area (Å²) in [6.07, 6.45) is 6.62. The monoisotopic (exact) mass is 371 g/mol. The van der Waals surface area contributed by atoms with Gasteiger partial charge >= 0.3 is 33.0 Å². The molecule has 1 heterocycles. The third kappa shape index (κ3) is 44.9. The van der Waals surface area contributed by atoms with Gasteiger partial charge in [-0.15, -0.1) is 17.9 Å². The van der Waals surface area contributed by atoms with E-state index in [2.05, 4.69) is 40.6 Å². The molecule has 23 heavy (non-hydrogen) atoms. The van der Waals surface area contributed by atoms with Gasteiger partial charge in [-0.1, -0.05) is 5.22 Å². The Bertz CT molecular complexity index is 415. The Morgan fingerprint density at radius 2 is 1.57 bits per heavy atom. The molecule has 0 atom stereocenters. The van der Waals surface area contributed by atoms with Crippen LogP contribution in [-0.4, -0.2) is 38.2 Å². The molecule has 0 aromatic rings. The van der Waals surface area contributed by atoms with Crippen LogP contribution in [0.2, 0.25) is 0 Å². The number of nitrogens with one attached hydrogen (secondary N) is 2. The molecule has 0 aliphatic carbocycles. The minimum atomic E-state index is -10.7. The summed E-state index contributed by atoms with van der Waals surface area (Å²) in [6, 6.07) is 0. The van der Waals surface area contributed by atoms with Crippen LogP contribution in [0.4, 0.5) is 25.2 Å². The first-order valence-corrected chi connectivity index (χ1v) is 7.81. The molecule has 0 saturated carbocycles. The molecule has 0 spiro atoms. The molecular weight excluding hydrogens is 349 g/mol. The van der Waals surface area contributed by atoms with Gasteiger partial charge < -0.3 is 0 Å². The van der Waals surface area contributed by atoms with Gasteiger partial charge in [-0.25, -0.2) is 0 Å². The molecule has 0 bridgehead atoms. The Kier molecular flexibility index (Phi) is 10.7. The van der Waals surface area contributed by atoms with Crippen LogP contribution >= 0.6 is 7.81 Å². The molecule has 13 heteroatoms. The van der Waals surface area contributed by atoms with E-state index < -0.39 is 7.81 Å². The fourth-order valence-corrected chi connectivity index (χ4v) is 0.811. The van der Waals surface area contributed by atoms with Gasteiger partial charge in [0.1, 0.15) is 0 Å². The number of allylic oxidation sites excluding steroid dienone is 1. The van der Waals surface area contributed by atoms with Crippen LogP contribution in [0.5, 0.6) is 0 Å². The van der Waals surface area contributed by atoms with Crippen LogP contribution in [0.25, 0.3) is 0 Å². The summed E-state index contributed by atoms with van der Waals surface area (Å²) in [6.45, 7) is 3.70. The summed E-state index contributed by atoms with van der Waals surface area (Å²) in [7, 11) is -3.40. The topological polar surface area (TPSA) is 55.3 Å². The van der Waals surface area contributed by atoms with Gasteiger partial charge in [0.2, 0.25) is 0 Å². The van der Waals surface area contributed by atoms with Crippen molar-refractivity contribution in [3.05, 3.63) is 11.9 Å². The molecular formula is C10H22F6N6P-. The predicted molar refractivity (Wildman–Crippen MR) is 80.3 cm³/mol. The second-order valence-corrected chi connectivity index (χ2v) is 5.73. The van der Waals surface area contributed by atoms with E-state index in [0.717, 1.165) is 0 Å². The quantitative estimate of drug-likeness (QED) is 0.236. The molecule has 0 fully saturated rings. The van der Waals surface area contributed by atoms with Crippen molar-refractivity contribution in [3.63, 3.8) is 0 Å². The van der Waals surface area contributed by atoms with Crippen molar-refractivity contribution >= 4 is 7.81 Å². The van der Waals surface area contributed by atoms with E-state index in [-0.39, 0.29) is 0 Å². The molecule has 6 nitrogen and oxygen atoms in total. The van der Waals surface area contributed by atoms with Gasteiger partial charge in [0.05, 0.1) is 7.05 Å². The van der Waals surface area contributed by atoms with Gasteiger partial charge in [-0.3, -0.25) is 15.4 Å². The van der Waals surface area contributed by atoms with Crippen molar-refractivity contribution in [2.45, 2.75) is 13.8 Å². The number of nitrogens with zero attached hydrogens (tertiary/aromatic N) is 4. The van der Waals surface area contributed by atoms with Crippen molar-refractivity contribution in [2.24, 2.45) is 10.3 Å². The summed E-state index contributed by atoms with van der Waals surface area (Å²) in [5.74, 6) is 2.25. The summed E-state index contributed by atoms with van der Waals surface area (Å²) in [4.78, 5) is 0. The number of halogens is 6. The molecule has 1 aliphatic heterocycles. The van der Waals surface area contributed by atoms with E-state index in [1.165, 1.54) is 5.70 Å². The zero-order valence-electron chi connectivity index (χ0n) is 13.7. The molecule has 140 valence electrons. The van der Waals surface area contributed by atoms with Crippen LogP contribution in [0.15, 0.2) is 22.2 Å². The average Bonchev–Trinajstić information content (AvgIpc) is 2.54. The molecule has 0 radical (unpaired) electrons. The predicted octanol–water partition coefficient (Wildman–Crippen LogP) is 4.37. The number of terminal acetylenes is 1. The van der Waals surface area contributed by atoms with Gasteiger partial charge in [-0.05, 0) is 13.8 Å². The third-order valence-electron chi connectivity index (χ3n) is 1.42. The van der Waals surface area contributed by atoms with Crippen LogP contribution in [-0.2, 0) is 0 Å².